The van der Waals surface area contributed by atoms with Crippen LogP contribution in [-0.2, 0) is 4.79 Å². The second-order valence-corrected chi connectivity index (χ2v) is 6.96. The van der Waals surface area contributed by atoms with E-state index in [4.69, 9.17) is 0 Å². The maximum atomic E-state index is 12.7. The molecule has 3 rings (SSSR count). The van der Waals surface area contributed by atoms with Crippen molar-refractivity contribution in [2.45, 2.75) is 20.8 Å². The number of hydrogen-bond acceptors (Lipinski definition) is 6. The molecule has 0 aliphatic carbocycles. The highest BCUT2D eigenvalue weighted by Crippen LogP contribution is 2.19. The Kier molecular flexibility index (Phi) is 6.64. The lowest BCUT2D eigenvalue weighted by Crippen LogP contribution is -2.46. The van der Waals surface area contributed by atoms with Crippen LogP contribution in [0.4, 0.5) is 17.2 Å². The minimum Gasteiger partial charge on any atom is -0.372 e. The summed E-state index contributed by atoms with van der Waals surface area (Å²) in [5, 5.41) is 2.91. The first-order valence-corrected chi connectivity index (χ1v) is 10.00. The Bertz CT molecular complexity index is 843. The van der Waals surface area contributed by atoms with E-state index in [0.717, 1.165) is 30.9 Å². The summed E-state index contributed by atoms with van der Waals surface area (Å²) in [6, 6.07) is 9.53. The van der Waals surface area contributed by atoms with Crippen LogP contribution < -0.4 is 15.1 Å². The Hall–Kier alpha value is -3.16. The third-order valence-electron chi connectivity index (χ3n) is 5.10. The number of nitrogens with one attached hydrogen (secondary N) is 1. The van der Waals surface area contributed by atoms with E-state index in [2.05, 4.69) is 38.9 Å². The van der Waals surface area contributed by atoms with Crippen molar-refractivity contribution in [1.29, 1.82) is 0 Å². The van der Waals surface area contributed by atoms with Crippen LogP contribution in [0.15, 0.2) is 30.3 Å². The topological polar surface area (TPSA) is 81.7 Å². The van der Waals surface area contributed by atoms with Gasteiger partial charge < -0.3 is 20.0 Å². The zero-order chi connectivity index (χ0) is 20.8. The highest BCUT2D eigenvalue weighted by Gasteiger charge is 2.19. The average molecular weight is 396 g/mol. The number of hydrogen-bond donors (Lipinski definition) is 1. The Labute approximate surface area is 171 Å². The fourth-order valence-electron chi connectivity index (χ4n) is 3.43. The number of aryl methyl sites for hydroxylation is 1. The van der Waals surface area contributed by atoms with Gasteiger partial charge in [0, 0.05) is 56.7 Å². The zero-order valence-electron chi connectivity index (χ0n) is 17.3. The summed E-state index contributed by atoms with van der Waals surface area (Å²) in [5.74, 6) is 0.992. The van der Waals surface area contributed by atoms with Gasteiger partial charge in [-0.05, 0) is 45.0 Å². The quantitative estimate of drug-likeness (QED) is 0.723. The van der Waals surface area contributed by atoms with Gasteiger partial charge in [-0.25, -0.2) is 9.97 Å². The van der Waals surface area contributed by atoms with Crippen LogP contribution in [0.25, 0.3) is 0 Å². The van der Waals surface area contributed by atoms with Crippen molar-refractivity contribution >= 4 is 29.5 Å². The normalized spacial score (nSPS) is 13.9. The lowest BCUT2D eigenvalue weighted by atomic mass is 10.2. The Morgan fingerprint density at radius 3 is 2.34 bits per heavy atom. The summed E-state index contributed by atoms with van der Waals surface area (Å²) in [7, 11) is 0. The van der Waals surface area contributed by atoms with Gasteiger partial charge in [-0.2, -0.15) is 0 Å². The van der Waals surface area contributed by atoms with Crippen molar-refractivity contribution < 1.29 is 9.59 Å². The van der Waals surface area contributed by atoms with E-state index in [-0.39, 0.29) is 5.91 Å². The van der Waals surface area contributed by atoms with Crippen LogP contribution in [-0.4, -0.2) is 66.5 Å². The number of nitrogens with zero attached hydrogens (tertiary/aromatic N) is 5. The fraction of sp³-hybridized carbons (Fsp3) is 0.429. The number of piperazine rings is 1. The molecular weight excluding hydrogens is 368 g/mol. The number of carbonyl (C=O) groups is 2. The number of aromatic nitrogens is 2. The van der Waals surface area contributed by atoms with Gasteiger partial charge in [0.1, 0.15) is 17.3 Å². The minimum atomic E-state index is -0.265. The molecule has 29 heavy (non-hydrogen) atoms. The van der Waals surface area contributed by atoms with Gasteiger partial charge in [-0.15, -0.1) is 0 Å². The SMILES string of the molecule is CCN(CC)c1ccc(NC(=O)c2cc(N3CCN(C=O)CC3)nc(C)n2)cc1. The Morgan fingerprint density at radius 2 is 1.76 bits per heavy atom. The van der Waals surface area contributed by atoms with Gasteiger partial charge in [0.2, 0.25) is 6.41 Å². The van der Waals surface area contributed by atoms with E-state index in [1.54, 1.807) is 17.9 Å². The summed E-state index contributed by atoms with van der Waals surface area (Å²) in [6.45, 7) is 10.5. The molecule has 8 heteroatoms. The highest BCUT2D eigenvalue weighted by molar-refractivity contribution is 6.03. The van der Waals surface area contributed by atoms with Gasteiger partial charge in [0.15, 0.2) is 0 Å². The minimum absolute atomic E-state index is 0.265. The predicted molar refractivity (Wildman–Crippen MR) is 115 cm³/mol. The summed E-state index contributed by atoms with van der Waals surface area (Å²) in [4.78, 5) is 38.5. The molecule has 2 amide bonds. The van der Waals surface area contributed by atoms with Crippen LogP contribution in [0.3, 0.4) is 0 Å². The number of benzene rings is 1. The van der Waals surface area contributed by atoms with Crippen molar-refractivity contribution in [2.75, 3.05) is 54.4 Å². The third kappa shape index (κ3) is 5.01. The fourth-order valence-corrected chi connectivity index (χ4v) is 3.43. The number of amides is 2. The first-order chi connectivity index (χ1) is 14.0. The number of carbonyl (C=O) groups excluding carboxylic acids is 2. The van der Waals surface area contributed by atoms with Crippen LogP contribution in [0.2, 0.25) is 0 Å². The molecule has 1 saturated heterocycles. The van der Waals surface area contributed by atoms with E-state index in [0.29, 0.717) is 43.5 Å². The molecule has 154 valence electrons. The van der Waals surface area contributed by atoms with Crippen LogP contribution in [0, 0.1) is 6.92 Å². The average Bonchev–Trinajstić information content (AvgIpc) is 2.75. The van der Waals surface area contributed by atoms with Crippen molar-refractivity contribution in [3.05, 3.63) is 41.9 Å². The Balaban J connectivity index is 1.71. The molecule has 8 nitrogen and oxygen atoms in total. The standard InChI is InChI=1S/C21H28N6O2/c1-4-26(5-2)18-8-6-17(7-9-18)24-21(29)19-14-20(23-16(3)22-19)27-12-10-25(15-28)11-13-27/h6-9,14-15H,4-5,10-13H2,1-3H3,(H,24,29). The predicted octanol–water partition coefficient (Wildman–Crippen LogP) is 2.16. The molecule has 2 heterocycles. The first kappa shape index (κ1) is 20.6. The summed E-state index contributed by atoms with van der Waals surface area (Å²) >= 11 is 0. The largest absolute Gasteiger partial charge is 0.372 e. The van der Waals surface area contributed by atoms with E-state index in [1.807, 2.05) is 24.3 Å². The van der Waals surface area contributed by atoms with Crippen molar-refractivity contribution in [1.82, 2.24) is 14.9 Å². The molecule has 0 atom stereocenters. The Morgan fingerprint density at radius 1 is 1.10 bits per heavy atom. The molecule has 1 N–H and O–H groups in total. The molecule has 0 spiro atoms. The van der Waals surface area contributed by atoms with Crippen LogP contribution in [0.5, 0.6) is 0 Å². The highest BCUT2D eigenvalue weighted by atomic mass is 16.2. The molecule has 1 aliphatic rings. The first-order valence-electron chi connectivity index (χ1n) is 10.00. The smallest absolute Gasteiger partial charge is 0.274 e. The lowest BCUT2D eigenvalue weighted by molar-refractivity contribution is -0.118. The lowest BCUT2D eigenvalue weighted by Gasteiger charge is -2.33. The van der Waals surface area contributed by atoms with Crippen molar-refractivity contribution in [3.8, 4) is 0 Å². The molecule has 1 aliphatic heterocycles. The zero-order valence-corrected chi connectivity index (χ0v) is 17.3. The summed E-state index contributed by atoms with van der Waals surface area (Å²) < 4.78 is 0. The second-order valence-electron chi connectivity index (χ2n) is 6.96. The number of rotatable bonds is 7. The van der Waals surface area contributed by atoms with Crippen molar-refractivity contribution in [3.63, 3.8) is 0 Å². The third-order valence-corrected chi connectivity index (χ3v) is 5.10. The molecule has 0 unspecified atom stereocenters. The molecule has 2 aromatic rings. The molecule has 1 aromatic carbocycles. The molecule has 1 aromatic heterocycles. The van der Waals surface area contributed by atoms with E-state index >= 15 is 0 Å². The van der Waals surface area contributed by atoms with Crippen LogP contribution >= 0.6 is 0 Å². The van der Waals surface area contributed by atoms with Gasteiger partial charge in [-0.3, -0.25) is 9.59 Å². The maximum absolute atomic E-state index is 12.7. The molecular formula is C21H28N6O2. The maximum Gasteiger partial charge on any atom is 0.274 e. The van der Waals surface area contributed by atoms with E-state index < -0.39 is 0 Å². The van der Waals surface area contributed by atoms with Gasteiger partial charge in [-0.1, -0.05) is 0 Å². The molecule has 1 fully saturated rings. The van der Waals surface area contributed by atoms with Gasteiger partial charge in [0.05, 0.1) is 0 Å². The van der Waals surface area contributed by atoms with Crippen molar-refractivity contribution in [2.24, 2.45) is 0 Å². The summed E-state index contributed by atoms with van der Waals surface area (Å²) in [5.41, 5.74) is 2.18. The second kappa shape index (κ2) is 9.36. The number of anilines is 3. The summed E-state index contributed by atoms with van der Waals surface area (Å²) in [6.07, 6.45) is 0.868. The van der Waals surface area contributed by atoms with Gasteiger partial charge >= 0.3 is 0 Å². The van der Waals surface area contributed by atoms with Crippen LogP contribution in [0.1, 0.15) is 30.2 Å². The monoisotopic (exact) mass is 396 g/mol. The van der Waals surface area contributed by atoms with Gasteiger partial charge in [0.25, 0.3) is 5.91 Å². The van der Waals surface area contributed by atoms with E-state index in [9.17, 15) is 9.59 Å². The molecule has 0 radical (unpaired) electrons. The molecule has 0 bridgehead atoms. The van der Waals surface area contributed by atoms with E-state index in [1.165, 1.54) is 0 Å². The molecule has 0 saturated carbocycles.